The Balaban J connectivity index is 2.28. The maximum atomic E-state index is 11.5. The molecular formula is C16H25NO2S. The first kappa shape index (κ1) is 17.1. The van der Waals surface area contributed by atoms with E-state index in [0.29, 0.717) is 18.4 Å². The highest BCUT2D eigenvalue weighted by molar-refractivity contribution is 8.00. The second-order valence-corrected chi connectivity index (χ2v) is 6.09. The molecule has 0 bridgehead atoms. The third kappa shape index (κ3) is 7.56. The number of carbonyl (C=O) groups is 1. The molecule has 0 aliphatic carbocycles. The van der Waals surface area contributed by atoms with E-state index in [4.69, 9.17) is 4.74 Å². The molecule has 0 heterocycles. The van der Waals surface area contributed by atoms with Crippen LogP contribution in [-0.2, 0) is 16.1 Å². The van der Waals surface area contributed by atoms with Gasteiger partial charge in [0.25, 0.3) is 0 Å². The molecule has 1 N–H and O–H groups in total. The molecule has 4 heteroatoms. The standard InChI is InChI=1S/C16H25NO2S/c1-4-5-10-19-16(18)12-20-15-8-6-14(7-9-15)11-17-13(2)3/h6-9,13,17H,4-5,10-12H2,1-3H3. The Morgan fingerprint density at radius 1 is 1.30 bits per heavy atom. The molecule has 1 aromatic carbocycles. The Morgan fingerprint density at radius 3 is 2.60 bits per heavy atom. The van der Waals surface area contributed by atoms with Crippen LogP contribution >= 0.6 is 11.8 Å². The Kier molecular flexibility index (Phi) is 8.38. The number of ether oxygens (including phenoxy) is 1. The Bertz CT molecular complexity index is 390. The van der Waals surface area contributed by atoms with Crippen molar-refractivity contribution in [1.29, 1.82) is 0 Å². The van der Waals surface area contributed by atoms with Gasteiger partial charge in [-0.2, -0.15) is 0 Å². The zero-order chi connectivity index (χ0) is 14.8. The summed E-state index contributed by atoms with van der Waals surface area (Å²) in [4.78, 5) is 12.6. The van der Waals surface area contributed by atoms with Crippen LogP contribution in [0.4, 0.5) is 0 Å². The molecule has 0 spiro atoms. The molecule has 0 aliphatic rings. The first-order valence-corrected chi connectivity index (χ1v) is 8.21. The minimum atomic E-state index is -0.131. The van der Waals surface area contributed by atoms with E-state index >= 15 is 0 Å². The fourth-order valence-electron chi connectivity index (χ4n) is 1.54. The number of thioether (sulfide) groups is 1. The van der Waals surface area contributed by atoms with E-state index in [-0.39, 0.29) is 5.97 Å². The van der Waals surface area contributed by atoms with Gasteiger partial charge in [-0.15, -0.1) is 11.8 Å². The Labute approximate surface area is 126 Å². The summed E-state index contributed by atoms with van der Waals surface area (Å²) in [6.45, 7) is 7.76. The first-order valence-electron chi connectivity index (χ1n) is 7.22. The fraction of sp³-hybridized carbons (Fsp3) is 0.562. The SMILES string of the molecule is CCCCOC(=O)CSc1ccc(CNC(C)C)cc1. The predicted molar refractivity (Wildman–Crippen MR) is 85.0 cm³/mol. The summed E-state index contributed by atoms with van der Waals surface area (Å²) in [5.74, 6) is 0.252. The van der Waals surface area contributed by atoms with Gasteiger partial charge in [-0.25, -0.2) is 0 Å². The van der Waals surface area contributed by atoms with E-state index < -0.39 is 0 Å². The lowest BCUT2D eigenvalue weighted by Gasteiger charge is -2.08. The van der Waals surface area contributed by atoms with Gasteiger partial charge in [-0.05, 0) is 24.1 Å². The molecule has 20 heavy (non-hydrogen) atoms. The summed E-state index contributed by atoms with van der Waals surface area (Å²) in [7, 11) is 0. The molecule has 112 valence electrons. The third-order valence-electron chi connectivity index (χ3n) is 2.76. The highest BCUT2D eigenvalue weighted by Crippen LogP contribution is 2.18. The van der Waals surface area contributed by atoms with Gasteiger partial charge in [0.1, 0.15) is 0 Å². The minimum absolute atomic E-state index is 0.131. The minimum Gasteiger partial charge on any atom is -0.465 e. The van der Waals surface area contributed by atoms with Gasteiger partial charge in [0.15, 0.2) is 0 Å². The molecule has 3 nitrogen and oxygen atoms in total. The van der Waals surface area contributed by atoms with Gasteiger partial charge in [-0.3, -0.25) is 4.79 Å². The van der Waals surface area contributed by atoms with Crippen LogP contribution in [0.3, 0.4) is 0 Å². The lowest BCUT2D eigenvalue weighted by atomic mass is 10.2. The highest BCUT2D eigenvalue weighted by atomic mass is 32.2. The first-order chi connectivity index (χ1) is 9.61. The van der Waals surface area contributed by atoms with Crippen molar-refractivity contribution in [2.75, 3.05) is 12.4 Å². The van der Waals surface area contributed by atoms with E-state index in [1.54, 1.807) is 0 Å². The number of hydrogen-bond acceptors (Lipinski definition) is 4. The van der Waals surface area contributed by atoms with E-state index in [1.807, 2.05) is 0 Å². The summed E-state index contributed by atoms with van der Waals surface area (Å²) in [5, 5.41) is 3.38. The van der Waals surface area contributed by atoms with Crippen LogP contribution in [-0.4, -0.2) is 24.4 Å². The maximum absolute atomic E-state index is 11.5. The number of benzene rings is 1. The van der Waals surface area contributed by atoms with Crippen molar-refractivity contribution >= 4 is 17.7 Å². The smallest absolute Gasteiger partial charge is 0.316 e. The topological polar surface area (TPSA) is 38.3 Å². The van der Waals surface area contributed by atoms with Crippen LogP contribution in [0.2, 0.25) is 0 Å². The van der Waals surface area contributed by atoms with Crippen molar-refractivity contribution in [3.05, 3.63) is 29.8 Å². The van der Waals surface area contributed by atoms with Gasteiger partial charge in [0.05, 0.1) is 12.4 Å². The number of carbonyl (C=O) groups excluding carboxylic acids is 1. The lowest BCUT2D eigenvalue weighted by Crippen LogP contribution is -2.21. The quantitative estimate of drug-likeness (QED) is 0.429. The molecule has 0 radical (unpaired) electrons. The summed E-state index contributed by atoms with van der Waals surface area (Å²) >= 11 is 1.52. The predicted octanol–water partition coefficient (Wildman–Crippen LogP) is 3.62. The summed E-state index contributed by atoms with van der Waals surface area (Å²) in [5.41, 5.74) is 1.26. The van der Waals surface area contributed by atoms with Crippen LogP contribution in [0.5, 0.6) is 0 Å². The number of unbranched alkanes of at least 4 members (excludes halogenated alkanes) is 1. The normalized spacial score (nSPS) is 10.8. The van der Waals surface area contributed by atoms with E-state index in [0.717, 1.165) is 24.3 Å². The van der Waals surface area contributed by atoms with Crippen molar-refractivity contribution in [2.24, 2.45) is 0 Å². The van der Waals surface area contributed by atoms with Crippen molar-refractivity contribution in [3.8, 4) is 0 Å². The molecule has 0 aromatic heterocycles. The van der Waals surface area contributed by atoms with Crippen molar-refractivity contribution in [2.45, 2.75) is 51.1 Å². The monoisotopic (exact) mass is 295 g/mol. The van der Waals surface area contributed by atoms with Gasteiger partial charge < -0.3 is 10.1 Å². The van der Waals surface area contributed by atoms with Crippen LogP contribution in [0.1, 0.15) is 39.2 Å². The Morgan fingerprint density at radius 2 is 2.00 bits per heavy atom. The number of esters is 1. The number of rotatable bonds is 9. The second-order valence-electron chi connectivity index (χ2n) is 5.04. The average molecular weight is 295 g/mol. The summed E-state index contributed by atoms with van der Waals surface area (Å²) in [6, 6.07) is 8.80. The highest BCUT2D eigenvalue weighted by Gasteiger charge is 2.04. The zero-order valence-electron chi connectivity index (χ0n) is 12.6. The summed E-state index contributed by atoms with van der Waals surface area (Å²) < 4.78 is 5.12. The molecule has 0 atom stereocenters. The van der Waals surface area contributed by atoms with Crippen LogP contribution in [0.25, 0.3) is 0 Å². The van der Waals surface area contributed by atoms with Crippen LogP contribution in [0, 0.1) is 0 Å². The summed E-state index contributed by atoms with van der Waals surface area (Å²) in [6.07, 6.45) is 1.99. The molecule has 0 aliphatic heterocycles. The molecule has 0 saturated heterocycles. The molecule has 1 aromatic rings. The lowest BCUT2D eigenvalue weighted by molar-refractivity contribution is -0.140. The Hall–Kier alpha value is -1.00. The van der Waals surface area contributed by atoms with E-state index in [1.165, 1.54) is 17.3 Å². The molecular weight excluding hydrogens is 270 g/mol. The third-order valence-corrected chi connectivity index (χ3v) is 3.74. The molecule has 0 amide bonds. The van der Waals surface area contributed by atoms with Crippen molar-refractivity contribution < 1.29 is 9.53 Å². The maximum Gasteiger partial charge on any atom is 0.316 e. The van der Waals surface area contributed by atoms with Crippen molar-refractivity contribution in [1.82, 2.24) is 5.32 Å². The van der Waals surface area contributed by atoms with Crippen LogP contribution < -0.4 is 5.32 Å². The van der Waals surface area contributed by atoms with Gasteiger partial charge in [0.2, 0.25) is 0 Å². The van der Waals surface area contributed by atoms with Crippen LogP contribution in [0.15, 0.2) is 29.2 Å². The fourth-order valence-corrected chi connectivity index (χ4v) is 2.24. The van der Waals surface area contributed by atoms with E-state index in [9.17, 15) is 4.79 Å². The number of hydrogen-bond donors (Lipinski definition) is 1. The van der Waals surface area contributed by atoms with Gasteiger partial charge in [0, 0.05) is 17.5 Å². The van der Waals surface area contributed by atoms with Gasteiger partial charge in [-0.1, -0.05) is 39.3 Å². The zero-order valence-corrected chi connectivity index (χ0v) is 13.5. The molecule has 0 unspecified atom stereocenters. The number of nitrogens with one attached hydrogen (secondary N) is 1. The van der Waals surface area contributed by atoms with Gasteiger partial charge >= 0.3 is 5.97 Å². The van der Waals surface area contributed by atoms with E-state index in [2.05, 4.69) is 50.4 Å². The average Bonchev–Trinajstić information content (AvgIpc) is 2.44. The second kappa shape index (κ2) is 9.83. The molecule has 0 saturated carbocycles. The largest absolute Gasteiger partial charge is 0.465 e. The van der Waals surface area contributed by atoms with Crippen molar-refractivity contribution in [3.63, 3.8) is 0 Å². The molecule has 1 rings (SSSR count). The molecule has 0 fully saturated rings.